The van der Waals surface area contributed by atoms with Crippen molar-refractivity contribution in [1.82, 2.24) is 10.3 Å². The van der Waals surface area contributed by atoms with Crippen molar-refractivity contribution in [2.75, 3.05) is 6.54 Å². The van der Waals surface area contributed by atoms with Crippen LogP contribution in [0.15, 0.2) is 21.9 Å². The van der Waals surface area contributed by atoms with Crippen LogP contribution >= 0.6 is 11.3 Å². The van der Waals surface area contributed by atoms with E-state index in [0.717, 1.165) is 4.88 Å². The summed E-state index contributed by atoms with van der Waals surface area (Å²) >= 11 is 1.52. The van der Waals surface area contributed by atoms with E-state index < -0.39 is 11.4 Å². The first-order valence-electron chi connectivity index (χ1n) is 7.92. The number of aromatic nitrogens is 1. The molecule has 0 radical (unpaired) electrons. The highest BCUT2D eigenvalue weighted by Crippen LogP contribution is 2.27. The van der Waals surface area contributed by atoms with Crippen LogP contribution in [0, 0.1) is 12.3 Å². The number of oxazole rings is 1. The summed E-state index contributed by atoms with van der Waals surface area (Å²) in [5.74, 6) is -0.0293. The van der Waals surface area contributed by atoms with Gasteiger partial charge in [0.2, 0.25) is 11.8 Å². The average Bonchev–Trinajstić information content (AvgIpc) is 3.19. The van der Waals surface area contributed by atoms with Crippen LogP contribution in [0.1, 0.15) is 38.1 Å². The Balaban J connectivity index is 2.01. The van der Waals surface area contributed by atoms with E-state index in [1.165, 1.54) is 11.3 Å². The molecule has 2 rings (SSSR count). The zero-order valence-corrected chi connectivity index (χ0v) is 14.9. The molecule has 0 bridgehead atoms. The summed E-state index contributed by atoms with van der Waals surface area (Å²) in [6.45, 7) is 5.52. The number of amides is 1. The molecule has 0 fully saturated rings. The number of rotatable bonds is 8. The molecule has 0 aliphatic carbocycles. The van der Waals surface area contributed by atoms with Crippen LogP contribution in [0.4, 0.5) is 0 Å². The number of nitrogens with zero attached hydrogens (tertiary/aromatic N) is 1. The van der Waals surface area contributed by atoms with E-state index in [2.05, 4.69) is 10.3 Å². The lowest BCUT2D eigenvalue weighted by atomic mass is 9.82. The van der Waals surface area contributed by atoms with Crippen LogP contribution in [0.2, 0.25) is 0 Å². The molecule has 0 saturated carbocycles. The minimum Gasteiger partial charge on any atom is -0.481 e. The molecule has 2 heterocycles. The van der Waals surface area contributed by atoms with Gasteiger partial charge in [0.1, 0.15) is 5.76 Å². The number of aliphatic carboxylic acids is 1. The maximum atomic E-state index is 12.2. The number of carboxylic acid groups (broad SMARTS) is 1. The highest BCUT2D eigenvalue weighted by atomic mass is 32.1. The van der Waals surface area contributed by atoms with Gasteiger partial charge in [0.25, 0.3) is 0 Å². The summed E-state index contributed by atoms with van der Waals surface area (Å²) in [6, 6.07) is 3.82. The molecular formula is C17H22N2O4S. The van der Waals surface area contributed by atoms with Gasteiger partial charge in [0, 0.05) is 6.54 Å². The summed E-state index contributed by atoms with van der Waals surface area (Å²) in [4.78, 5) is 28.9. The fourth-order valence-corrected chi connectivity index (χ4v) is 3.11. The Hall–Kier alpha value is -2.15. The van der Waals surface area contributed by atoms with Gasteiger partial charge >= 0.3 is 5.97 Å². The summed E-state index contributed by atoms with van der Waals surface area (Å²) in [7, 11) is 0. The Morgan fingerprint density at radius 2 is 2.08 bits per heavy atom. The summed E-state index contributed by atoms with van der Waals surface area (Å²) in [6.07, 6.45) is 0.999. The zero-order chi connectivity index (χ0) is 17.7. The number of nitrogens with one attached hydrogen (secondary N) is 1. The molecule has 2 aromatic rings. The van der Waals surface area contributed by atoms with Gasteiger partial charge in [-0.15, -0.1) is 11.3 Å². The van der Waals surface area contributed by atoms with E-state index in [-0.39, 0.29) is 18.9 Å². The Bertz CT molecular complexity index is 702. The fourth-order valence-electron chi connectivity index (χ4n) is 2.46. The molecule has 7 heteroatoms. The second kappa shape index (κ2) is 7.61. The molecule has 0 atom stereocenters. The molecule has 0 aliphatic rings. The predicted molar refractivity (Wildman–Crippen MR) is 91.9 cm³/mol. The smallest absolute Gasteiger partial charge is 0.311 e. The van der Waals surface area contributed by atoms with E-state index in [1.807, 2.05) is 31.4 Å². The third-order valence-electron chi connectivity index (χ3n) is 4.38. The molecule has 0 unspecified atom stereocenters. The Kier molecular flexibility index (Phi) is 5.77. The number of thiophene rings is 1. The average molecular weight is 350 g/mol. The van der Waals surface area contributed by atoms with E-state index in [4.69, 9.17) is 4.42 Å². The van der Waals surface area contributed by atoms with E-state index in [0.29, 0.717) is 30.2 Å². The lowest BCUT2D eigenvalue weighted by Crippen LogP contribution is -2.42. The number of carboxylic acids is 1. The number of hydrogen-bond donors (Lipinski definition) is 2. The number of carbonyl (C=O) groups excluding carboxylic acids is 1. The molecule has 0 aliphatic heterocycles. The van der Waals surface area contributed by atoms with E-state index in [1.54, 1.807) is 6.92 Å². The summed E-state index contributed by atoms with van der Waals surface area (Å²) < 4.78 is 5.61. The van der Waals surface area contributed by atoms with Crippen LogP contribution in [-0.2, 0) is 16.0 Å². The quantitative estimate of drug-likeness (QED) is 0.762. The van der Waals surface area contributed by atoms with Crippen LogP contribution in [0.3, 0.4) is 0 Å². The second-order valence-electron chi connectivity index (χ2n) is 5.75. The highest BCUT2D eigenvalue weighted by molar-refractivity contribution is 7.13. The van der Waals surface area contributed by atoms with Crippen molar-refractivity contribution >= 4 is 23.2 Å². The van der Waals surface area contributed by atoms with E-state index >= 15 is 0 Å². The van der Waals surface area contributed by atoms with Crippen molar-refractivity contribution in [1.29, 1.82) is 0 Å². The monoisotopic (exact) mass is 350 g/mol. The van der Waals surface area contributed by atoms with Crippen LogP contribution in [-0.4, -0.2) is 28.5 Å². The normalized spacial score (nSPS) is 11.5. The van der Waals surface area contributed by atoms with Gasteiger partial charge in [0.15, 0.2) is 0 Å². The first-order valence-corrected chi connectivity index (χ1v) is 8.80. The molecule has 130 valence electrons. The Morgan fingerprint density at radius 3 is 2.62 bits per heavy atom. The van der Waals surface area contributed by atoms with Crippen molar-refractivity contribution in [3.8, 4) is 10.8 Å². The van der Waals surface area contributed by atoms with Crippen LogP contribution in [0.25, 0.3) is 10.8 Å². The first-order chi connectivity index (χ1) is 11.4. The van der Waals surface area contributed by atoms with Gasteiger partial charge < -0.3 is 14.8 Å². The topological polar surface area (TPSA) is 92.4 Å². The third kappa shape index (κ3) is 3.84. The molecule has 1 amide bonds. The first kappa shape index (κ1) is 18.2. The fraction of sp³-hybridized carbons (Fsp3) is 0.471. The minimum atomic E-state index is -0.920. The van der Waals surface area contributed by atoms with Crippen molar-refractivity contribution < 1.29 is 19.1 Å². The third-order valence-corrected chi connectivity index (χ3v) is 5.24. The largest absolute Gasteiger partial charge is 0.481 e. The van der Waals surface area contributed by atoms with Crippen molar-refractivity contribution in [3.05, 3.63) is 29.0 Å². The molecule has 2 aromatic heterocycles. The maximum Gasteiger partial charge on any atom is 0.311 e. The molecule has 2 N–H and O–H groups in total. The SMILES string of the molecule is CCC(CC)(CNC(=O)Cc1nc(-c2cccs2)oc1C)C(=O)O. The Morgan fingerprint density at radius 1 is 1.38 bits per heavy atom. The second-order valence-corrected chi connectivity index (χ2v) is 6.69. The van der Waals surface area contributed by atoms with Gasteiger partial charge in [-0.2, -0.15) is 0 Å². The van der Waals surface area contributed by atoms with E-state index in [9.17, 15) is 14.7 Å². The molecule has 24 heavy (non-hydrogen) atoms. The molecule has 0 saturated heterocycles. The number of carbonyl (C=O) groups is 2. The van der Waals surface area contributed by atoms with Crippen LogP contribution < -0.4 is 5.32 Å². The van der Waals surface area contributed by atoms with Gasteiger partial charge in [-0.3, -0.25) is 9.59 Å². The standard InChI is InChI=1S/C17H22N2O4S/c1-4-17(5-2,16(21)22)10-18-14(20)9-12-11(3)23-15(19-12)13-7-6-8-24-13/h6-8H,4-5,9-10H2,1-3H3,(H,18,20)(H,21,22). The molecule has 0 spiro atoms. The minimum absolute atomic E-state index is 0.0733. The highest BCUT2D eigenvalue weighted by Gasteiger charge is 2.35. The predicted octanol–water partition coefficient (Wildman–Crippen LogP) is 3.26. The lowest BCUT2D eigenvalue weighted by molar-refractivity contribution is -0.149. The van der Waals surface area contributed by atoms with Crippen molar-refractivity contribution in [3.63, 3.8) is 0 Å². The summed E-state index contributed by atoms with van der Waals surface area (Å²) in [5, 5.41) is 14.1. The van der Waals surface area contributed by atoms with Crippen molar-refractivity contribution in [2.24, 2.45) is 5.41 Å². The van der Waals surface area contributed by atoms with Gasteiger partial charge in [0.05, 0.1) is 22.4 Å². The molecule has 6 nitrogen and oxygen atoms in total. The molecular weight excluding hydrogens is 328 g/mol. The Labute approximate surface area is 144 Å². The summed E-state index contributed by atoms with van der Waals surface area (Å²) in [5.41, 5.74) is -0.346. The maximum absolute atomic E-state index is 12.2. The van der Waals surface area contributed by atoms with Gasteiger partial charge in [-0.1, -0.05) is 19.9 Å². The van der Waals surface area contributed by atoms with Gasteiger partial charge in [-0.25, -0.2) is 4.98 Å². The lowest BCUT2D eigenvalue weighted by Gasteiger charge is -2.26. The molecule has 0 aromatic carbocycles. The van der Waals surface area contributed by atoms with Gasteiger partial charge in [-0.05, 0) is 31.2 Å². The van der Waals surface area contributed by atoms with Crippen molar-refractivity contribution in [2.45, 2.75) is 40.0 Å². The zero-order valence-electron chi connectivity index (χ0n) is 14.1. The van der Waals surface area contributed by atoms with Crippen LogP contribution in [0.5, 0.6) is 0 Å². The number of hydrogen-bond acceptors (Lipinski definition) is 5. The number of aryl methyl sites for hydroxylation is 1.